The van der Waals surface area contributed by atoms with Gasteiger partial charge in [0.2, 0.25) is 0 Å². The first-order valence-corrected chi connectivity index (χ1v) is 5.31. The zero-order valence-electron chi connectivity index (χ0n) is 8.14. The summed E-state index contributed by atoms with van der Waals surface area (Å²) in [6.07, 6.45) is 2.53. The molecule has 0 N–H and O–H groups in total. The number of aryl methyl sites for hydroxylation is 1. The summed E-state index contributed by atoms with van der Waals surface area (Å²) in [5.74, 6) is 1.39. The second-order valence-electron chi connectivity index (χ2n) is 2.99. The lowest BCUT2D eigenvalue weighted by Crippen LogP contribution is -1.87. The van der Waals surface area contributed by atoms with Crippen molar-refractivity contribution < 1.29 is 9.53 Å². The normalized spacial score (nSPS) is 9.93. The Morgan fingerprint density at radius 1 is 1.53 bits per heavy atom. The van der Waals surface area contributed by atoms with Crippen molar-refractivity contribution in [1.29, 1.82) is 0 Å². The number of rotatable bonds is 3. The summed E-state index contributed by atoms with van der Waals surface area (Å²) in [5.41, 5.74) is 0.830. The molecule has 0 unspecified atom stereocenters. The summed E-state index contributed by atoms with van der Waals surface area (Å²) >= 11 is 1.36. The summed E-state index contributed by atoms with van der Waals surface area (Å²) in [7, 11) is 0. The van der Waals surface area contributed by atoms with E-state index in [1.54, 1.807) is 17.6 Å². The van der Waals surface area contributed by atoms with E-state index in [0.717, 1.165) is 12.0 Å². The number of thiophene rings is 1. The van der Waals surface area contributed by atoms with Gasteiger partial charge < -0.3 is 4.74 Å². The van der Waals surface area contributed by atoms with Crippen LogP contribution in [0.15, 0.2) is 29.8 Å². The molecule has 0 saturated carbocycles. The second-order valence-corrected chi connectivity index (χ2v) is 3.93. The molecule has 2 heterocycles. The minimum atomic E-state index is 0.659. The molecule has 0 aromatic carbocycles. The molecule has 0 aliphatic carbocycles. The van der Waals surface area contributed by atoms with E-state index in [1.165, 1.54) is 11.3 Å². The first-order chi connectivity index (χ1) is 7.29. The molecule has 0 bridgehead atoms. The maximum absolute atomic E-state index is 10.5. The van der Waals surface area contributed by atoms with Crippen molar-refractivity contribution in [2.45, 2.75) is 6.92 Å². The topological polar surface area (TPSA) is 39.2 Å². The minimum Gasteiger partial charge on any atom is -0.455 e. The maximum Gasteiger partial charge on any atom is 0.160 e. The molecule has 2 rings (SSSR count). The van der Waals surface area contributed by atoms with E-state index >= 15 is 0 Å². The molecule has 0 aliphatic heterocycles. The van der Waals surface area contributed by atoms with Crippen LogP contribution in [0, 0.1) is 6.92 Å². The summed E-state index contributed by atoms with van der Waals surface area (Å²) in [4.78, 5) is 15.3. The Hall–Kier alpha value is -1.68. The predicted octanol–water partition coefficient (Wildman–Crippen LogP) is 3.06. The van der Waals surface area contributed by atoms with Gasteiger partial charge in [0.05, 0.1) is 10.6 Å². The molecule has 4 heteroatoms. The third-order valence-corrected chi connectivity index (χ3v) is 2.73. The van der Waals surface area contributed by atoms with Crippen LogP contribution in [0.1, 0.15) is 15.4 Å². The van der Waals surface area contributed by atoms with Crippen LogP contribution in [0.25, 0.3) is 0 Å². The van der Waals surface area contributed by atoms with Gasteiger partial charge in [0.25, 0.3) is 0 Å². The van der Waals surface area contributed by atoms with Crippen molar-refractivity contribution in [3.63, 3.8) is 0 Å². The number of ether oxygens (including phenoxy) is 1. The van der Waals surface area contributed by atoms with Crippen LogP contribution in [-0.2, 0) is 0 Å². The average molecular weight is 219 g/mol. The minimum absolute atomic E-state index is 0.659. The molecule has 0 saturated heterocycles. The molecule has 0 aliphatic rings. The number of aromatic nitrogens is 1. The predicted molar refractivity (Wildman–Crippen MR) is 58.8 cm³/mol. The first-order valence-electron chi connectivity index (χ1n) is 4.43. The molecule has 0 radical (unpaired) electrons. The molecular weight excluding hydrogens is 210 g/mol. The third kappa shape index (κ3) is 2.22. The largest absolute Gasteiger partial charge is 0.455 e. The Morgan fingerprint density at radius 2 is 2.40 bits per heavy atom. The lowest BCUT2D eigenvalue weighted by atomic mass is 10.3. The van der Waals surface area contributed by atoms with Gasteiger partial charge in [-0.2, -0.15) is 0 Å². The standard InChI is InChI=1S/C11H9NO2S/c1-8-11(3-2-4-12-8)14-9-5-10(6-13)15-7-9/h2-7H,1H3. The van der Waals surface area contributed by atoms with Crippen LogP contribution in [-0.4, -0.2) is 11.3 Å². The Balaban J connectivity index is 2.22. The molecular formula is C11H9NO2S. The lowest BCUT2D eigenvalue weighted by molar-refractivity contribution is 0.112. The second kappa shape index (κ2) is 4.23. The van der Waals surface area contributed by atoms with Gasteiger partial charge in [-0.05, 0) is 19.1 Å². The highest BCUT2D eigenvalue weighted by atomic mass is 32.1. The first kappa shape index (κ1) is 9.86. The van der Waals surface area contributed by atoms with Crippen molar-refractivity contribution in [3.05, 3.63) is 40.3 Å². The fourth-order valence-corrected chi connectivity index (χ4v) is 1.76. The fraction of sp³-hybridized carbons (Fsp3) is 0.0909. The number of aldehydes is 1. The Kier molecular flexibility index (Phi) is 2.78. The highest BCUT2D eigenvalue weighted by Crippen LogP contribution is 2.27. The molecule has 3 nitrogen and oxygen atoms in total. The number of hydrogen-bond donors (Lipinski definition) is 0. The monoisotopic (exact) mass is 219 g/mol. The molecule has 76 valence electrons. The highest BCUT2D eigenvalue weighted by Gasteiger charge is 2.03. The van der Waals surface area contributed by atoms with Crippen LogP contribution < -0.4 is 4.74 Å². The molecule has 0 spiro atoms. The van der Waals surface area contributed by atoms with Gasteiger partial charge in [-0.1, -0.05) is 0 Å². The summed E-state index contributed by atoms with van der Waals surface area (Å²) in [6.45, 7) is 1.88. The van der Waals surface area contributed by atoms with Crippen molar-refractivity contribution in [2.75, 3.05) is 0 Å². The van der Waals surface area contributed by atoms with Gasteiger partial charge in [0, 0.05) is 17.6 Å². The molecule has 0 fully saturated rings. The van der Waals surface area contributed by atoms with E-state index in [4.69, 9.17) is 4.74 Å². The number of pyridine rings is 1. The van der Waals surface area contributed by atoms with Crippen molar-refractivity contribution in [1.82, 2.24) is 4.98 Å². The van der Waals surface area contributed by atoms with E-state index < -0.39 is 0 Å². The van der Waals surface area contributed by atoms with E-state index in [1.807, 2.05) is 19.1 Å². The lowest BCUT2D eigenvalue weighted by Gasteiger charge is -2.04. The van der Waals surface area contributed by atoms with Gasteiger partial charge in [0.1, 0.15) is 11.5 Å². The van der Waals surface area contributed by atoms with Crippen molar-refractivity contribution in [2.24, 2.45) is 0 Å². The molecule has 0 amide bonds. The summed E-state index contributed by atoms with van der Waals surface area (Å²) in [5, 5.41) is 1.80. The Bertz CT molecular complexity index is 479. The van der Waals surface area contributed by atoms with Crippen LogP contribution >= 0.6 is 11.3 Å². The van der Waals surface area contributed by atoms with Crippen LogP contribution in [0.5, 0.6) is 11.5 Å². The average Bonchev–Trinajstić information content (AvgIpc) is 2.69. The van der Waals surface area contributed by atoms with Gasteiger partial charge in [-0.25, -0.2) is 0 Å². The molecule has 2 aromatic heterocycles. The van der Waals surface area contributed by atoms with Crippen molar-refractivity contribution in [3.8, 4) is 11.5 Å². The van der Waals surface area contributed by atoms with Gasteiger partial charge in [0.15, 0.2) is 6.29 Å². The quantitative estimate of drug-likeness (QED) is 0.745. The van der Waals surface area contributed by atoms with E-state index in [-0.39, 0.29) is 0 Å². The number of carbonyl (C=O) groups excluding carboxylic acids is 1. The van der Waals surface area contributed by atoms with Gasteiger partial charge in [-0.15, -0.1) is 11.3 Å². The van der Waals surface area contributed by atoms with E-state index in [2.05, 4.69) is 4.98 Å². The zero-order chi connectivity index (χ0) is 10.7. The summed E-state index contributed by atoms with van der Waals surface area (Å²) < 4.78 is 5.58. The van der Waals surface area contributed by atoms with E-state index in [9.17, 15) is 4.79 Å². The number of nitrogens with zero attached hydrogens (tertiary/aromatic N) is 1. The highest BCUT2D eigenvalue weighted by molar-refractivity contribution is 7.11. The third-order valence-electron chi connectivity index (χ3n) is 1.90. The maximum atomic E-state index is 10.5. The number of hydrogen-bond acceptors (Lipinski definition) is 4. The van der Waals surface area contributed by atoms with Crippen LogP contribution in [0.4, 0.5) is 0 Å². The van der Waals surface area contributed by atoms with Crippen LogP contribution in [0.2, 0.25) is 0 Å². The van der Waals surface area contributed by atoms with Crippen molar-refractivity contribution >= 4 is 17.6 Å². The van der Waals surface area contributed by atoms with Crippen LogP contribution in [0.3, 0.4) is 0 Å². The number of carbonyl (C=O) groups is 1. The SMILES string of the molecule is Cc1ncccc1Oc1csc(C=O)c1. The van der Waals surface area contributed by atoms with E-state index in [0.29, 0.717) is 16.4 Å². The van der Waals surface area contributed by atoms with Gasteiger partial charge in [-0.3, -0.25) is 9.78 Å². The Morgan fingerprint density at radius 3 is 3.07 bits per heavy atom. The molecule has 0 atom stereocenters. The fourth-order valence-electron chi connectivity index (χ4n) is 1.15. The smallest absolute Gasteiger partial charge is 0.160 e. The zero-order valence-corrected chi connectivity index (χ0v) is 8.95. The molecule has 2 aromatic rings. The molecule has 15 heavy (non-hydrogen) atoms. The summed E-state index contributed by atoms with van der Waals surface area (Å²) in [6, 6.07) is 5.38. The Labute approximate surface area is 91.4 Å². The van der Waals surface area contributed by atoms with Gasteiger partial charge >= 0.3 is 0 Å².